The zero-order valence-electron chi connectivity index (χ0n) is 6.99. The molecular weight excluding hydrogens is 190 g/mol. The molecule has 0 N–H and O–H groups in total. The van der Waals surface area contributed by atoms with Gasteiger partial charge in [-0.1, -0.05) is 24.0 Å². The molecule has 0 aromatic carbocycles. The maximum Gasteiger partial charge on any atom is 0.136 e. The van der Waals surface area contributed by atoms with E-state index in [0.717, 1.165) is 23.7 Å². The fourth-order valence-corrected chi connectivity index (χ4v) is 2.24. The number of piperidine rings is 1. The number of thiocarbonyl (C=S) groups is 1. The third kappa shape index (κ3) is 3.11. The number of hydrogen-bond donors (Lipinski definition) is 0. The van der Waals surface area contributed by atoms with E-state index < -0.39 is 0 Å². The van der Waals surface area contributed by atoms with Gasteiger partial charge in [0.05, 0.1) is 5.75 Å². The molecule has 1 fully saturated rings. The average molecular weight is 203 g/mol. The SMILES string of the molecule is O=CCSC(=S)N1CCCCC1. The Kier molecular flexibility index (Phi) is 4.61. The van der Waals surface area contributed by atoms with Crippen molar-refractivity contribution >= 4 is 34.6 Å². The highest BCUT2D eigenvalue weighted by Crippen LogP contribution is 2.15. The van der Waals surface area contributed by atoms with E-state index in [1.165, 1.54) is 31.0 Å². The maximum atomic E-state index is 10.1. The van der Waals surface area contributed by atoms with Crippen molar-refractivity contribution in [2.45, 2.75) is 19.3 Å². The molecule has 0 amide bonds. The topological polar surface area (TPSA) is 20.3 Å². The summed E-state index contributed by atoms with van der Waals surface area (Å²) in [5.41, 5.74) is 0. The van der Waals surface area contributed by atoms with E-state index in [1.54, 1.807) is 0 Å². The summed E-state index contributed by atoms with van der Waals surface area (Å²) in [6.45, 7) is 2.15. The molecule has 4 heteroatoms. The summed E-state index contributed by atoms with van der Waals surface area (Å²) in [5, 5.41) is 0. The molecule has 0 aromatic heterocycles. The quantitative estimate of drug-likeness (QED) is 0.502. The molecule has 0 bridgehead atoms. The Morgan fingerprint density at radius 3 is 2.67 bits per heavy atom. The van der Waals surface area contributed by atoms with Crippen LogP contribution in [0, 0.1) is 0 Å². The van der Waals surface area contributed by atoms with Crippen LogP contribution in [0.2, 0.25) is 0 Å². The summed E-state index contributed by atoms with van der Waals surface area (Å²) in [6, 6.07) is 0. The molecule has 0 aromatic rings. The van der Waals surface area contributed by atoms with Gasteiger partial charge in [0.2, 0.25) is 0 Å². The molecule has 1 heterocycles. The molecule has 1 rings (SSSR count). The second-order valence-electron chi connectivity index (χ2n) is 2.79. The van der Waals surface area contributed by atoms with E-state index in [-0.39, 0.29) is 0 Å². The van der Waals surface area contributed by atoms with Crippen LogP contribution in [-0.4, -0.2) is 34.3 Å². The Bertz CT molecular complexity index is 166. The maximum absolute atomic E-state index is 10.1. The predicted octanol–water partition coefficient (Wildman–Crippen LogP) is 1.69. The molecule has 0 radical (unpaired) electrons. The number of hydrogen-bond acceptors (Lipinski definition) is 3. The van der Waals surface area contributed by atoms with Gasteiger partial charge in [-0.25, -0.2) is 0 Å². The van der Waals surface area contributed by atoms with Gasteiger partial charge in [-0.3, -0.25) is 0 Å². The van der Waals surface area contributed by atoms with Crippen LogP contribution >= 0.6 is 24.0 Å². The summed E-state index contributed by atoms with van der Waals surface area (Å²) >= 11 is 6.64. The van der Waals surface area contributed by atoms with E-state index in [9.17, 15) is 4.79 Å². The standard InChI is InChI=1S/C8H13NOS2/c10-6-7-12-8(11)9-4-2-1-3-5-9/h6H,1-5,7H2. The first-order chi connectivity index (χ1) is 5.84. The van der Waals surface area contributed by atoms with Crippen LogP contribution in [0.1, 0.15) is 19.3 Å². The lowest BCUT2D eigenvalue weighted by atomic mass is 10.1. The highest BCUT2D eigenvalue weighted by molar-refractivity contribution is 8.23. The average Bonchev–Trinajstić information content (AvgIpc) is 2.15. The van der Waals surface area contributed by atoms with Crippen LogP contribution < -0.4 is 0 Å². The van der Waals surface area contributed by atoms with Crippen molar-refractivity contribution < 1.29 is 4.79 Å². The molecule has 0 spiro atoms. The molecular formula is C8H13NOS2. The first kappa shape index (κ1) is 9.99. The monoisotopic (exact) mass is 203 g/mol. The highest BCUT2D eigenvalue weighted by Gasteiger charge is 2.12. The molecule has 2 nitrogen and oxygen atoms in total. The van der Waals surface area contributed by atoms with E-state index in [1.807, 2.05) is 0 Å². The minimum absolute atomic E-state index is 0.495. The zero-order valence-corrected chi connectivity index (χ0v) is 8.62. The Balaban J connectivity index is 2.24. The Morgan fingerprint density at radius 1 is 1.42 bits per heavy atom. The fourth-order valence-electron chi connectivity index (χ4n) is 1.27. The van der Waals surface area contributed by atoms with Gasteiger partial charge in [0.1, 0.15) is 10.6 Å². The lowest BCUT2D eigenvalue weighted by Crippen LogP contribution is -2.32. The molecule has 68 valence electrons. The minimum Gasteiger partial charge on any atom is -0.358 e. The number of thioether (sulfide) groups is 1. The first-order valence-electron chi connectivity index (χ1n) is 4.20. The summed E-state index contributed by atoms with van der Waals surface area (Å²) in [7, 11) is 0. The molecule has 0 unspecified atom stereocenters. The van der Waals surface area contributed by atoms with Gasteiger partial charge in [0.15, 0.2) is 0 Å². The van der Waals surface area contributed by atoms with Crippen molar-refractivity contribution in [1.82, 2.24) is 4.90 Å². The van der Waals surface area contributed by atoms with Gasteiger partial charge in [0.25, 0.3) is 0 Å². The van der Waals surface area contributed by atoms with Gasteiger partial charge >= 0.3 is 0 Å². The van der Waals surface area contributed by atoms with Gasteiger partial charge in [-0.05, 0) is 19.3 Å². The second-order valence-corrected chi connectivity index (χ2v) is 4.45. The smallest absolute Gasteiger partial charge is 0.136 e. The van der Waals surface area contributed by atoms with Crippen LogP contribution in [0.4, 0.5) is 0 Å². The van der Waals surface area contributed by atoms with Crippen molar-refractivity contribution in [2.75, 3.05) is 18.8 Å². The molecule has 1 saturated heterocycles. The molecule has 12 heavy (non-hydrogen) atoms. The Morgan fingerprint density at radius 2 is 2.08 bits per heavy atom. The summed E-state index contributed by atoms with van der Waals surface area (Å²) in [6.07, 6.45) is 4.70. The third-order valence-corrected chi connectivity index (χ3v) is 3.31. The van der Waals surface area contributed by atoms with Crippen LogP contribution in [0.5, 0.6) is 0 Å². The summed E-state index contributed by atoms with van der Waals surface area (Å²) in [4.78, 5) is 12.3. The van der Waals surface area contributed by atoms with Crippen molar-refractivity contribution in [2.24, 2.45) is 0 Å². The second kappa shape index (κ2) is 5.54. The lowest BCUT2D eigenvalue weighted by Gasteiger charge is -2.28. The van der Waals surface area contributed by atoms with Gasteiger partial charge in [0, 0.05) is 13.1 Å². The molecule has 0 atom stereocenters. The predicted molar refractivity (Wildman–Crippen MR) is 56.5 cm³/mol. The van der Waals surface area contributed by atoms with Crippen LogP contribution in [-0.2, 0) is 4.79 Å². The van der Waals surface area contributed by atoms with Crippen molar-refractivity contribution in [3.8, 4) is 0 Å². The number of carbonyl (C=O) groups excluding carboxylic acids is 1. The largest absolute Gasteiger partial charge is 0.358 e. The number of likely N-dealkylation sites (tertiary alicyclic amines) is 1. The number of carbonyl (C=O) groups is 1. The van der Waals surface area contributed by atoms with E-state index in [4.69, 9.17) is 12.2 Å². The summed E-state index contributed by atoms with van der Waals surface area (Å²) < 4.78 is 0.891. The van der Waals surface area contributed by atoms with Crippen LogP contribution in [0.3, 0.4) is 0 Å². The third-order valence-electron chi connectivity index (χ3n) is 1.89. The van der Waals surface area contributed by atoms with E-state index in [2.05, 4.69) is 4.90 Å². The minimum atomic E-state index is 0.495. The van der Waals surface area contributed by atoms with Crippen LogP contribution in [0.25, 0.3) is 0 Å². The van der Waals surface area contributed by atoms with Gasteiger partial charge < -0.3 is 9.69 Å². The zero-order chi connectivity index (χ0) is 8.81. The van der Waals surface area contributed by atoms with Crippen LogP contribution in [0.15, 0.2) is 0 Å². The number of rotatable bonds is 2. The molecule has 0 aliphatic carbocycles. The van der Waals surface area contributed by atoms with Crippen molar-refractivity contribution in [3.63, 3.8) is 0 Å². The Hall–Kier alpha value is -0.0900. The molecule has 1 aliphatic rings. The van der Waals surface area contributed by atoms with Gasteiger partial charge in [-0.15, -0.1) is 0 Å². The summed E-state index contributed by atoms with van der Waals surface area (Å²) in [5.74, 6) is 0.495. The fraction of sp³-hybridized carbons (Fsp3) is 0.750. The lowest BCUT2D eigenvalue weighted by molar-refractivity contribution is -0.105. The highest BCUT2D eigenvalue weighted by atomic mass is 32.2. The van der Waals surface area contributed by atoms with Gasteiger partial charge in [-0.2, -0.15) is 0 Å². The first-order valence-corrected chi connectivity index (χ1v) is 5.59. The van der Waals surface area contributed by atoms with E-state index >= 15 is 0 Å². The Labute approximate surface area is 82.7 Å². The molecule has 1 aliphatic heterocycles. The van der Waals surface area contributed by atoms with Crippen molar-refractivity contribution in [1.29, 1.82) is 0 Å². The van der Waals surface area contributed by atoms with E-state index in [0.29, 0.717) is 5.75 Å². The van der Waals surface area contributed by atoms with Crippen molar-refractivity contribution in [3.05, 3.63) is 0 Å². The number of nitrogens with zero attached hydrogens (tertiary/aromatic N) is 1. The number of aldehydes is 1. The normalized spacial score (nSPS) is 17.5. The molecule has 0 saturated carbocycles.